The molecule has 0 saturated carbocycles. The van der Waals surface area contributed by atoms with Crippen molar-refractivity contribution in [2.75, 3.05) is 26.8 Å². The Hall–Kier alpha value is -0.760. The lowest BCUT2D eigenvalue weighted by atomic mass is 10.3. The van der Waals surface area contributed by atoms with Crippen LogP contribution >= 0.6 is 24.0 Å². The molecule has 0 saturated heterocycles. The van der Waals surface area contributed by atoms with E-state index in [0.29, 0.717) is 6.61 Å². The van der Waals surface area contributed by atoms with E-state index in [2.05, 4.69) is 29.5 Å². The molecule has 5 nitrogen and oxygen atoms in total. The van der Waals surface area contributed by atoms with E-state index in [1.807, 2.05) is 12.1 Å². The SMILES string of the molecule is CCCCN=C(NCCc1ccco1)NC(C)COC.I. The Labute approximate surface area is 144 Å². The van der Waals surface area contributed by atoms with Crippen molar-refractivity contribution in [1.82, 2.24) is 10.6 Å². The highest BCUT2D eigenvalue weighted by molar-refractivity contribution is 14.0. The van der Waals surface area contributed by atoms with Crippen molar-refractivity contribution in [3.05, 3.63) is 24.2 Å². The fourth-order valence-corrected chi connectivity index (χ4v) is 1.79. The van der Waals surface area contributed by atoms with Crippen LogP contribution in [0.25, 0.3) is 0 Å². The molecule has 1 aromatic rings. The molecule has 0 aromatic carbocycles. The maximum atomic E-state index is 5.31. The summed E-state index contributed by atoms with van der Waals surface area (Å²) in [6, 6.07) is 4.12. The predicted molar refractivity (Wildman–Crippen MR) is 97.5 cm³/mol. The summed E-state index contributed by atoms with van der Waals surface area (Å²) < 4.78 is 10.4. The van der Waals surface area contributed by atoms with E-state index in [4.69, 9.17) is 9.15 Å². The van der Waals surface area contributed by atoms with Crippen LogP contribution in [-0.4, -0.2) is 38.8 Å². The highest BCUT2D eigenvalue weighted by Crippen LogP contribution is 1.99. The summed E-state index contributed by atoms with van der Waals surface area (Å²) in [5.41, 5.74) is 0. The zero-order chi connectivity index (χ0) is 14.6. The minimum Gasteiger partial charge on any atom is -0.469 e. The van der Waals surface area contributed by atoms with E-state index in [-0.39, 0.29) is 30.0 Å². The maximum Gasteiger partial charge on any atom is 0.191 e. The zero-order valence-corrected chi connectivity index (χ0v) is 15.6. The van der Waals surface area contributed by atoms with Crippen LogP contribution in [-0.2, 0) is 11.2 Å². The second-order valence-corrected chi connectivity index (χ2v) is 4.84. The van der Waals surface area contributed by atoms with Gasteiger partial charge < -0.3 is 19.8 Å². The molecule has 0 radical (unpaired) electrons. The Bertz CT molecular complexity index is 369. The van der Waals surface area contributed by atoms with Gasteiger partial charge in [0.2, 0.25) is 0 Å². The van der Waals surface area contributed by atoms with Gasteiger partial charge in [-0.15, -0.1) is 24.0 Å². The molecule has 0 aliphatic carbocycles. The molecular weight excluding hydrogens is 381 g/mol. The standard InChI is InChI=1S/C15H27N3O2.HI/c1-4-5-9-16-15(18-13(2)12-19-3)17-10-8-14-7-6-11-20-14;/h6-7,11,13H,4-5,8-10,12H2,1-3H3,(H2,16,17,18);1H. The fourth-order valence-electron chi connectivity index (χ4n) is 1.79. The van der Waals surface area contributed by atoms with Gasteiger partial charge in [0.05, 0.1) is 12.9 Å². The molecule has 0 fully saturated rings. The molecule has 0 bridgehead atoms. The number of guanidine groups is 1. The number of halogens is 1. The van der Waals surface area contributed by atoms with Gasteiger partial charge in [-0.2, -0.15) is 0 Å². The molecule has 1 atom stereocenters. The lowest BCUT2D eigenvalue weighted by molar-refractivity contribution is 0.179. The predicted octanol–water partition coefficient (Wildman–Crippen LogP) is 2.81. The van der Waals surface area contributed by atoms with Gasteiger partial charge in [0.1, 0.15) is 5.76 Å². The molecule has 1 aromatic heterocycles. The Morgan fingerprint density at radius 2 is 2.29 bits per heavy atom. The third-order valence-electron chi connectivity index (χ3n) is 2.83. The Morgan fingerprint density at radius 3 is 2.90 bits per heavy atom. The molecular formula is C15H28IN3O2. The molecule has 2 N–H and O–H groups in total. The lowest BCUT2D eigenvalue weighted by Gasteiger charge is -2.17. The monoisotopic (exact) mass is 409 g/mol. The number of unbranched alkanes of at least 4 members (excludes halogenated alkanes) is 1. The number of hydrogen-bond acceptors (Lipinski definition) is 3. The van der Waals surface area contributed by atoms with Crippen LogP contribution in [0.2, 0.25) is 0 Å². The normalized spacial score (nSPS) is 12.6. The van der Waals surface area contributed by atoms with Crippen molar-refractivity contribution < 1.29 is 9.15 Å². The number of nitrogens with one attached hydrogen (secondary N) is 2. The van der Waals surface area contributed by atoms with Gasteiger partial charge in [0.15, 0.2) is 5.96 Å². The van der Waals surface area contributed by atoms with Crippen molar-refractivity contribution in [2.45, 2.75) is 39.2 Å². The first-order valence-corrected chi connectivity index (χ1v) is 7.32. The third-order valence-corrected chi connectivity index (χ3v) is 2.83. The van der Waals surface area contributed by atoms with Crippen LogP contribution in [0.5, 0.6) is 0 Å². The highest BCUT2D eigenvalue weighted by Gasteiger charge is 2.05. The lowest BCUT2D eigenvalue weighted by Crippen LogP contribution is -2.44. The first-order chi connectivity index (χ1) is 9.76. The summed E-state index contributed by atoms with van der Waals surface area (Å²) in [7, 11) is 1.70. The Morgan fingerprint density at radius 1 is 1.48 bits per heavy atom. The number of furan rings is 1. The molecule has 0 spiro atoms. The summed E-state index contributed by atoms with van der Waals surface area (Å²) in [5, 5.41) is 6.67. The number of ether oxygens (including phenoxy) is 1. The summed E-state index contributed by atoms with van der Waals surface area (Å²) in [4.78, 5) is 4.56. The highest BCUT2D eigenvalue weighted by atomic mass is 127. The van der Waals surface area contributed by atoms with Crippen molar-refractivity contribution in [3.8, 4) is 0 Å². The van der Waals surface area contributed by atoms with Gasteiger partial charge in [-0.05, 0) is 25.5 Å². The Balaban J connectivity index is 0.00000400. The zero-order valence-electron chi connectivity index (χ0n) is 13.2. The maximum absolute atomic E-state index is 5.31. The van der Waals surface area contributed by atoms with Crippen molar-refractivity contribution in [1.29, 1.82) is 0 Å². The quantitative estimate of drug-likeness (QED) is 0.285. The second-order valence-electron chi connectivity index (χ2n) is 4.84. The van der Waals surface area contributed by atoms with Gasteiger partial charge in [0.25, 0.3) is 0 Å². The molecule has 0 aliphatic heterocycles. The third kappa shape index (κ3) is 9.73. The minimum atomic E-state index is 0. The van der Waals surface area contributed by atoms with Crippen LogP contribution < -0.4 is 10.6 Å². The van der Waals surface area contributed by atoms with Crippen LogP contribution in [0.4, 0.5) is 0 Å². The Kier molecular flexibility index (Phi) is 12.5. The molecule has 1 rings (SSSR count). The van der Waals surface area contributed by atoms with E-state index in [1.165, 1.54) is 0 Å². The average molecular weight is 409 g/mol. The van der Waals surface area contributed by atoms with Crippen LogP contribution in [0, 0.1) is 0 Å². The minimum absolute atomic E-state index is 0. The summed E-state index contributed by atoms with van der Waals surface area (Å²) in [6.07, 6.45) is 4.80. The number of methoxy groups -OCH3 is 1. The molecule has 0 amide bonds. The number of nitrogens with zero attached hydrogens (tertiary/aromatic N) is 1. The molecule has 21 heavy (non-hydrogen) atoms. The van der Waals surface area contributed by atoms with Gasteiger partial charge in [-0.25, -0.2) is 0 Å². The molecule has 122 valence electrons. The van der Waals surface area contributed by atoms with Crippen molar-refractivity contribution in [3.63, 3.8) is 0 Å². The molecule has 1 unspecified atom stereocenters. The summed E-state index contributed by atoms with van der Waals surface area (Å²) >= 11 is 0. The van der Waals surface area contributed by atoms with Crippen molar-refractivity contribution in [2.24, 2.45) is 4.99 Å². The number of rotatable bonds is 9. The van der Waals surface area contributed by atoms with E-state index in [1.54, 1.807) is 13.4 Å². The molecule has 0 aliphatic rings. The second kappa shape index (κ2) is 12.9. The van der Waals surface area contributed by atoms with Gasteiger partial charge in [0, 0.05) is 32.7 Å². The van der Waals surface area contributed by atoms with Crippen LogP contribution in [0.1, 0.15) is 32.4 Å². The average Bonchev–Trinajstić information content (AvgIpc) is 2.92. The smallest absolute Gasteiger partial charge is 0.191 e. The first-order valence-electron chi connectivity index (χ1n) is 7.32. The topological polar surface area (TPSA) is 58.8 Å². The van der Waals surface area contributed by atoms with Crippen LogP contribution in [0.15, 0.2) is 27.8 Å². The fraction of sp³-hybridized carbons (Fsp3) is 0.667. The van der Waals surface area contributed by atoms with E-state index in [0.717, 1.165) is 44.1 Å². The van der Waals surface area contributed by atoms with E-state index >= 15 is 0 Å². The number of hydrogen-bond donors (Lipinski definition) is 2. The van der Waals surface area contributed by atoms with Crippen molar-refractivity contribution >= 4 is 29.9 Å². The van der Waals surface area contributed by atoms with Gasteiger partial charge in [-0.1, -0.05) is 13.3 Å². The van der Waals surface area contributed by atoms with Gasteiger partial charge >= 0.3 is 0 Å². The first kappa shape index (κ1) is 20.2. The largest absolute Gasteiger partial charge is 0.469 e. The van der Waals surface area contributed by atoms with E-state index < -0.39 is 0 Å². The molecule has 1 heterocycles. The van der Waals surface area contributed by atoms with E-state index in [9.17, 15) is 0 Å². The van der Waals surface area contributed by atoms with Gasteiger partial charge in [-0.3, -0.25) is 4.99 Å². The summed E-state index contributed by atoms with van der Waals surface area (Å²) in [6.45, 7) is 6.54. The molecule has 6 heteroatoms. The summed E-state index contributed by atoms with van der Waals surface area (Å²) in [5.74, 6) is 1.82. The van der Waals surface area contributed by atoms with Crippen LogP contribution in [0.3, 0.4) is 0 Å². The number of aliphatic imine (C=N–C) groups is 1.